The number of aliphatic hydroxyl groups is 1. The van der Waals surface area contributed by atoms with Gasteiger partial charge in [0.05, 0.1) is 6.61 Å². The van der Waals surface area contributed by atoms with Crippen LogP contribution in [0, 0.1) is 0 Å². The standard InChI is InChI=1S/C15H20N2O4/c1-2-6-13(14(19)20)16-15(21)17(9-10-18)11-12-7-4-3-5-8-12/h2-5,7-8,13,18H,1,6,9-11H2,(H,16,21)(H,19,20). The van der Waals surface area contributed by atoms with Crippen LogP contribution in [0.3, 0.4) is 0 Å². The molecule has 0 fully saturated rings. The number of carbonyl (C=O) groups is 2. The molecule has 0 radical (unpaired) electrons. The summed E-state index contributed by atoms with van der Waals surface area (Å²) in [6, 6.07) is 7.73. The van der Waals surface area contributed by atoms with Gasteiger partial charge in [-0.3, -0.25) is 0 Å². The van der Waals surface area contributed by atoms with Crippen LogP contribution >= 0.6 is 0 Å². The zero-order chi connectivity index (χ0) is 15.7. The summed E-state index contributed by atoms with van der Waals surface area (Å²) >= 11 is 0. The third kappa shape index (κ3) is 5.66. The van der Waals surface area contributed by atoms with E-state index >= 15 is 0 Å². The van der Waals surface area contributed by atoms with E-state index in [1.807, 2.05) is 30.3 Å². The molecule has 2 amide bonds. The zero-order valence-corrected chi connectivity index (χ0v) is 11.7. The molecule has 0 spiro atoms. The molecule has 0 aliphatic heterocycles. The van der Waals surface area contributed by atoms with Crippen LogP contribution in [0.1, 0.15) is 12.0 Å². The summed E-state index contributed by atoms with van der Waals surface area (Å²) in [5.74, 6) is -1.12. The maximum absolute atomic E-state index is 12.1. The zero-order valence-electron chi connectivity index (χ0n) is 11.7. The number of hydrogen-bond acceptors (Lipinski definition) is 3. The molecule has 0 aliphatic rings. The number of nitrogens with zero attached hydrogens (tertiary/aromatic N) is 1. The van der Waals surface area contributed by atoms with Crippen LogP contribution < -0.4 is 5.32 Å². The second kappa shape index (κ2) is 8.76. The predicted octanol–water partition coefficient (Wildman–Crippen LogP) is 1.22. The summed E-state index contributed by atoms with van der Waals surface area (Å²) in [5.41, 5.74) is 0.900. The first-order chi connectivity index (χ1) is 10.1. The number of carbonyl (C=O) groups excluding carboxylic acids is 1. The first kappa shape index (κ1) is 16.7. The normalized spacial score (nSPS) is 11.5. The molecule has 6 nitrogen and oxygen atoms in total. The summed E-state index contributed by atoms with van der Waals surface area (Å²) in [6.45, 7) is 3.70. The predicted molar refractivity (Wildman–Crippen MR) is 78.7 cm³/mol. The van der Waals surface area contributed by atoms with E-state index in [1.165, 1.54) is 11.0 Å². The molecule has 0 bridgehead atoms. The van der Waals surface area contributed by atoms with E-state index in [0.29, 0.717) is 6.54 Å². The number of benzene rings is 1. The van der Waals surface area contributed by atoms with E-state index in [-0.39, 0.29) is 19.6 Å². The van der Waals surface area contributed by atoms with Gasteiger partial charge in [-0.05, 0) is 12.0 Å². The molecule has 0 saturated heterocycles. The highest BCUT2D eigenvalue weighted by atomic mass is 16.4. The van der Waals surface area contributed by atoms with Crippen LogP contribution in [-0.4, -0.2) is 46.3 Å². The number of rotatable bonds is 8. The molecular weight excluding hydrogens is 272 g/mol. The first-order valence-corrected chi connectivity index (χ1v) is 6.62. The molecule has 21 heavy (non-hydrogen) atoms. The Kier molecular flexibility index (Phi) is 6.97. The van der Waals surface area contributed by atoms with E-state index in [9.17, 15) is 9.59 Å². The van der Waals surface area contributed by atoms with Gasteiger partial charge in [0.2, 0.25) is 0 Å². The minimum Gasteiger partial charge on any atom is -0.480 e. The van der Waals surface area contributed by atoms with Crippen LogP contribution in [0.4, 0.5) is 4.79 Å². The minimum atomic E-state index is -1.12. The second-order valence-electron chi connectivity index (χ2n) is 4.50. The van der Waals surface area contributed by atoms with Gasteiger partial charge in [-0.15, -0.1) is 6.58 Å². The molecule has 0 aliphatic carbocycles. The van der Waals surface area contributed by atoms with Crippen molar-refractivity contribution in [1.29, 1.82) is 0 Å². The van der Waals surface area contributed by atoms with E-state index in [2.05, 4.69) is 11.9 Å². The number of urea groups is 1. The molecule has 3 N–H and O–H groups in total. The van der Waals surface area contributed by atoms with Crippen LogP contribution in [0.5, 0.6) is 0 Å². The number of amides is 2. The van der Waals surface area contributed by atoms with E-state index in [4.69, 9.17) is 10.2 Å². The largest absolute Gasteiger partial charge is 0.480 e. The van der Waals surface area contributed by atoms with Gasteiger partial charge in [0.25, 0.3) is 0 Å². The highest BCUT2D eigenvalue weighted by Gasteiger charge is 2.21. The monoisotopic (exact) mass is 292 g/mol. The molecule has 1 rings (SSSR count). The smallest absolute Gasteiger partial charge is 0.326 e. The van der Waals surface area contributed by atoms with Gasteiger partial charge in [0.15, 0.2) is 0 Å². The lowest BCUT2D eigenvalue weighted by Crippen LogP contribution is -2.48. The summed E-state index contributed by atoms with van der Waals surface area (Å²) in [5, 5.41) is 20.5. The van der Waals surface area contributed by atoms with Crippen molar-refractivity contribution in [3.05, 3.63) is 48.6 Å². The van der Waals surface area contributed by atoms with Crippen molar-refractivity contribution >= 4 is 12.0 Å². The van der Waals surface area contributed by atoms with Crippen molar-refractivity contribution in [3.63, 3.8) is 0 Å². The lowest BCUT2D eigenvalue weighted by Gasteiger charge is -2.24. The van der Waals surface area contributed by atoms with Crippen molar-refractivity contribution in [2.24, 2.45) is 0 Å². The molecule has 6 heteroatoms. The average Bonchev–Trinajstić information content (AvgIpc) is 2.47. The van der Waals surface area contributed by atoms with Crippen LogP contribution in [0.25, 0.3) is 0 Å². The number of hydrogen-bond donors (Lipinski definition) is 3. The number of aliphatic hydroxyl groups excluding tert-OH is 1. The number of nitrogens with one attached hydrogen (secondary N) is 1. The molecule has 0 saturated carbocycles. The maximum Gasteiger partial charge on any atom is 0.326 e. The lowest BCUT2D eigenvalue weighted by molar-refractivity contribution is -0.139. The molecule has 114 valence electrons. The fourth-order valence-electron chi connectivity index (χ4n) is 1.81. The van der Waals surface area contributed by atoms with Gasteiger partial charge in [-0.25, -0.2) is 9.59 Å². The Hall–Kier alpha value is -2.34. The second-order valence-corrected chi connectivity index (χ2v) is 4.50. The van der Waals surface area contributed by atoms with Gasteiger partial charge >= 0.3 is 12.0 Å². The Balaban J connectivity index is 2.72. The van der Waals surface area contributed by atoms with Crippen LogP contribution in [0.15, 0.2) is 43.0 Å². The first-order valence-electron chi connectivity index (χ1n) is 6.62. The van der Waals surface area contributed by atoms with E-state index < -0.39 is 18.0 Å². The number of carboxylic acids is 1. The minimum absolute atomic E-state index is 0.126. The Morgan fingerprint density at radius 2 is 2.00 bits per heavy atom. The maximum atomic E-state index is 12.1. The highest BCUT2D eigenvalue weighted by Crippen LogP contribution is 2.05. The van der Waals surface area contributed by atoms with Crippen molar-refractivity contribution in [2.75, 3.05) is 13.2 Å². The molecule has 1 unspecified atom stereocenters. The topological polar surface area (TPSA) is 89.9 Å². The molecule has 1 aromatic rings. The van der Waals surface area contributed by atoms with Gasteiger partial charge in [-0.1, -0.05) is 36.4 Å². The van der Waals surface area contributed by atoms with Crippen molar-refractivity contribution < 1.29 is 19.8 Å². The molecule has 1 aromatic carbocycles. The molecular formula is C15H20N2O4. The summed E-state index contributed by atoms with van der Waals surface area (Å²) in [4.78, 5) is 24.5. The van der Waals surface area contributed by atoms with Crippen LogP contribution in [0.2, 0.25) is 0 Å². The third-order valence-electron chi connectivity index (χ3n) is 2.87. The van der Waals surface area contributed by atoms with Gasteiger partial charge in [0.1, 0.15) is 6.04 Å². The Morgan fingerprint density at radius 3 is 2.52 bits per heavy atom. The lowest BCUT2D eigenvalue weighted by atomic mass is 10.2. The van der Waals surface area contributed by atoms with E-state index in [0.717, 1.165) is 5.56 Å². The molecule has 0 aromatic heterocycles. The van der Waals surface area contributed by atoms with Gasteiger partial charge in [0, 0.05) is 13.1 Å². The highest BCUT2D eigenvalue weighted by molar-refractivity contribution is 5.82. The number of aliphatic carboxylic acids is 1. The third-order valence-corrected chi connectivity index (χ3v) is 2.87. The van der Waals surface area contributed by atoms with E-state index in [1.54, 1.807) is 0 Å². The van der Waals surface area contributed by atoms with Crippen molar-refractivity contribution in [2.45, 2.75) is 19.0 Å². The fourth-order valence-corrected chi connectivity index (χ4v) is 1.81. The van der Waals surface area contributed by atoms with Crippen LogP contribution in [-0.2, 0) is 11.3 Å². The Bertz CT molecular complexity index is 476. The SMILES string of the molecule is C=CCC(NC(=O)N(CCO)Cc1ccccc1)C(=O)O. The Labute approximate surface area is 123 Å². The van der Waals surface area contributed by atoms with Gasteiger partial charge in [-0.2, -0.15) is 0 Å². The quantitative estimate of drug-likeness (QED) is 0.628. The Morgan fingerprint density at radius 1 is 1.33 bits per heavy atom. The molecule has 1 atom stereocenters. The number of carboxylic acid groups (broad SMARTS) is 1. The van der Waals surface area contributed by atoms with Gasteiger partial charge < -0.3 is 20.4 Å². The summed E-state index contributed by atoms with van der Waals surface area (Å²) in [6.07, 6.45) is 1.58. The fraction of sp³-hybridized carbons (Fsp3) is 0.333. The van der Waals surface area contributed by atoms with Crippen molar-refractivity contribution in [3.8, 4) is 0 Å². The summed E-state index contributed by atoms with van der Waals surface area (Å²) < 4.78 is 0. The molecule has 0 heterocycles. The average molecular weight is 292 g/mol. The van der Waals surface area contributed by atoms with Crippen molar-refractivity contribution in [1.82, 2.24) is 10.2 Å². The summed E-state index contributed by atoms with van der Waals surface area (Å²) in [7, 11) is 0.